The van der Waals surface area contributed by atoms with Crippen molar-refractivity contribution in [1.29, 1.82) is 0 Å². The zero-order chi connectivity index (χ0) is 9.26. The van der Waals surface area contributed by atoms with Gasteiger partial charge in [0.25, 0.3) is 0 Å². The van der Waals surface area contributed by atoms with Crippen LogP contribution in [0.1, 0.15) is 44.9 Å². The highest BCUT2D eigenvalue weighted by Crippen LogP contribution is 2.39. The highest BCUT2D eigenvalue weighted by Gasteiger charge is 2.32. The molecule has 13 heavy (non-hydrogen) atoms. The van der Waals surface area contributed by atoms with Crippen LogP contribution >= 0.6 is 11.6 Å². The van der Waals surface area contributed by atoms with E-state index in [1.54, 1.807) is 0 Å². The Balaban J connectivity index is 1.90. The van der Waals surface area contributed by atoms with Gasteiger partial charge in [-0.25, -0.2) is 0 Å². The molecule has 0 amide bonds. The number of alkyl halides is 1. The average molecular weight is 201 g/mol. The third-order valence-corrected chi connectivity index (χ3v) is 4.13. The summed E-state index contributed by atoms with van der Waals surface area (Å²) in [5.74, 6) is 1.81. The average Bonchev–Trinajstić information content (AvgIpc) is 2.62. The molecule has 0 aliphatic heterocycles. The fourth-order valence-electron chi connectivity index (χ4n) is 2.84. The van der Waals surface area contributed by atoms with Crippen molar-refractivity contribution in [3.63, 3.8) is 0 Å². The molecule has 0 aromatic heterocycles. The SMILES string of the molecule is O=C1CC(C2CCCC2)CCC1Cl. The van der Waals surface area contributed by atoms with Gasteiger partial charge < -0.3 is 0 Å². The molecule has 2 rings (SSSR count). The molecule has 0 N–H and O–H groups in total. The maximum absolute atomic E-state index is 11.4. The van der Waals surface area contributed by atoms with E-state index in [-0.39, 0.29) is 5.38 Å². The van der Waals surface area contributed by atoms with Crippen molar-refractivity contribution in [2.75, 3.05) is 0 Å². The lowest BCUT2D eigenvalue weighted by molar-refractivity contribution is -0.121. The van der Waals surface area contributed by atoms with E-state index in [2.05, 4.69) is 0 Å². The minimum absolute atomic E-state index is 0.169. The van der Waals surface area contributed by atoms with Gasteiger partial charge in [-0.2, -0.15) is 0 Å². The molecule has 0 aromatic rings. The molecule has 0 radical (unpaired) electrons. The Bertz CT molecular complexity index is 196. The van der Waals surface area contributed by atoms with Gasteiger partial charge in [0, 0.05) is 6.42 Å². The van der Waals surface area contributed by atoms with Crippen LogP contribution in [0, 0.1) is 11.8 Å². The Labute approximate surface area is 84.8 Å². The fourth-order valence-corrected chi connectivity index (χ4v) is 3.06. The van der Waals surface area contributed by atoms with Gasteiger partial charge in [0.15, 0.2) is 5.78 Å². The monoisotopic (exact) mass is 200 g/mol. The van der Waals surface area contributed by atoms with E-state index >= 15 is 0 Å². The van der Waals surface area contributed by atoms with Crippen molar-refractivity contribution in [2.45, 2.75) is 50.3 Å². The van der Waals surface area contributed by atoms with E-state index in [1.165, 1.54) is 32.1 Å². The predicted octanol–water partition coefficient (Wildman–Crippen LogP) is 3.15. The lowest BCUT2D eigenvalue weighted by atomic mass is 9.78. The van der Waals surface area contributed by atoms with E-state index in [4.69, 9.17) is 11.6 Å². The first-order valence-corrected chi connectivity index (χ1v) is 5.88. The first-order valence-electron chi connectivity index (χ1n) is 5.44. The van der Waals surface area contributed by atoms with Crippen LogP contribution in [0.3, 0.4) is 0 Å². The molecule has 2 saturated carbocycles. The molecule has 1 nitrogen and oxygen atoms in total. The van der Waals surface area contributed by atoms with Crippen molar-refractivity contribution in [1.82, 2.24) is 0 Å². The highest BCUT2D eigenvalue weighted by atomic mass is 35.5. The van der Waals surface area contributed by atoms with Crippen LogP contribution in [0.2, 0.25) is 0 Å². The smallest absolute Gasteiger partial charge is 0.150 e. The third kappa shape index (κ3) is 2.07. The maximum atomic E-state index is 11.4. The molecule has 2 fully saturated rings. The Morgan fingerprint density at radius 3 is 2.31 bits per heavy atom. The van der Waals surface area contributed by atoms with Crippen molar-refractivity contribution in [2.24, 2.45) is 11.8 Å². The number of ketones is 1. The molecule has 2 heteroatoms. The van der Waals surface area contributed by atoms with Crippen molar-refractivity contribution >= 4 is 17.4 Å². The molecule has 0 saturated heterocycles. The maximum Gasteiger partial charge on any atom is 0.150 e. The highest BCUT2D eigenvalue weighted by molar-refractivity contribution is 6.31. The topological polar surface area (TPSA) is 17.1 Å². The van der Waals surface area contributed by atoms with Crippen LogP contribution in [0.5, 0.6) is 0 Å². The second-order valence-electron chi connectivity index (χ2n) is 4.52. The second kappa shape index (κ2) is 4.00. The largest absolute Gasteiger partial charge is 0.298 e. The second-order valence-corrected chi connectivity index (χ2v) is 5.05. The van der Waals surface area contributed by atoms with Gasteiger partial charge >= 0.3 is 0 Å². The van der Waals surface area contributed by atoms with Gasteiger partial charge in [-0.1, -0.05) is 25.7 Å². The van der Waals surface area contributed by atoms with Crippen LogP contribution in [-0.2, 0) is 4.79 Å². The number of rotatable bonds is 1. The molecule has 74 valence electrons. The molecule has 2 unspecified atom stereocenters. The Morgan fingerprint density at radius 1 is 1.00 bits per heavy atom. The Kier molecular flexibility index (Phi) is 2.92. The van der Waals surface area contributed by atoms with Crippen LogP contribution in [-0.4, -0.2) is 11.2 Å². The number of hydrogen-bond donors (Lipinski definition) is 0. The van der Waals surface area contributed by atoms with Crippen LogP contribution in [0.4, 0.5) is 0 Å². The first kappa shape index (κ1) is 9.51. The van der Waals surface area contributed by atoms with Crippen molar-refractivity contribution < 1.29 is 4.79 Å². The Hall–Kier alpha value is -0.0400. The minimum Gasteiger partial charge on any atom is -0.298 e. The van der Waals surface area contributed by atoms with Crippen molar-refractivity contribution in [3.05, 3.63) is 0 Å². The van der Waals surface area contributed by atoms with E-state index in [9.17, 15) is 4.79 Å². The quantitative estimate of drug-likeness (QED) is 0.595. The lowest BCUT2D eigenvalue weighted by Crippen LogP contribution is -2.28. The van der Waals surface area contributed by atoms with Crippen molar-refractivity contribution in [3.8, 4) is 0 Å². The van der Waals surface area contributed by atoms with E-state index in [0.29, 0.717) is 11.7 Å². The number of carbonyl (C=O) groups is 1. The zero-order valence-electron chi connectivity index (χ0n) is 7.97. The molecule has 2 aliphatic rings. The van der Waals surface area contributed by atoms with Crippen LogP contribution in [0.25, 0.3) is 0 Å². The molecule has 2 aliphatic carbocycles. The number of hydrogen-bond acceptors (Lipinski definition) is 1. The van der Waals surface area contributed by atoms with Gasteiger partial charge in [-0.15, -0.1) is 11.6 Å². The number of carbonyl (C=O) groups excluding carboxylic acids is 1. The molecule has 0 bridgehead atoms. The van der Waals surface area contributed by atoms with E-state index < -0.39 is 0 Å². The summed E-state index contributed by atoms with van der Waals surface area (Å²) >= 11 is 5.89. The standard InChI is InChI=1S/C11H17ClO/c12-10-6-5-9(7-11(10)13)8-3-1-2-4-8/h8-10H,1-7H2. The third-order valence-electron chi connectivity index (χ3n) is 3.67. The zero-order valence-corrected chi connectivity index (χ0v) is 8.72. The summed E-state index contributed by atoms with van der Waals surface area (Å²) in [6.07, 6.45) is 8.32. The van der Waals surface area contributed by atoms with Crippen LogP contribution in [0.15, 0.2) is 0 Å². The number of Topliss-reactive ketones (excluding diaryl/α,β-unsaturated/α-hetero) is 1. The Morgan fingerprint density at radius 2 is 1.69 bits per heavy atom. The molecule has 0 aromatic carbocycles. The first-order chi connectivity index (χ1) is 6.27. The normalized spacial score (nSPS) is 36.8. The summed E-state index contributed by atoms with van der Waals surface area (Å²) in [6.45, 7) is 0. The summed E-state index contributed by atoms with van der Waals surface area (Å²) in [5, 5.41) is -0.169. The van der Waals surface area contributed by atoms with Gasteiger partial charge in [0.05, 0.1) is 5.38 Å². The number of halogens is 1. The summed E-state index contributed by atoms with van der Waals surface area (Å²) < 4.78 is 0. The lowest BCUT2D eigenvalue weighted by Gasteiger charge is -2.28. The summed E-state index contributed by atoms with van der Waals surface area (Å²) in [4.78, 5) is 11.4. The summed E-state index contributed by atoms with van der Waals surface area (Å²) in [5.41, 5.74) is 0. The van der Waals surface area contributed by atoms with E-state index in [1.807, 2.05) is 0 Å². The van der Waals surface area contributed by atoms with Crippen LogP contribution < -0.4 is 0 Å². The molecule has 0 spiro atoms. The molecular weight excluding hydrogens is 184 g/mol. The van der Waals surface area contributed by atoms with E-state index in [0.717, 1.165) is 18.8 Å². The molecule has 2 atom stereocenters. The van der Waals surface area contributed by atoms with Gasteiger partial charge in [0.2, 0.25) is 0 Å². The summed E-state index contributed by atoms with van der Waals surface area (Å²) in [7, 11) is 0. The fraction of sp³-hybridized carbons (Fsp3) is 0.909. The van der Waals surface area contributed by atoms with Gasteiger partial charge in [-0.3, -0.25) is 4.79 Å². The minimum atomic E-state index is -0.169. The molecule has 0 heterocycles. The van der Waals surface area contributed by atoms with Gasteiger partial charge in [-0.05, 0) is 24.7 Å². The van der Waals surface area contributed by atoms with Gasteiger partial charge in [0.1, 0.15) is 0 Å². The summed E-state index contributed by atoms with van der Waals surface area (Å²) in [6, 6.07) is 0. The predicted molar refractivity (Wildman–Crippen MR) is 53.9 cm³/mol. The molecular formula is C11H17ClO.